The van der Waals surface area contributed by atoms with Crippen LogP contribution in [-0.4, -0.2) is 49.0 Å². The predicted octanol–water partition coefficient (Wildman–Crippen LogP) is 0.277. The molecule has 0 radical (unpaired) electrons. The quantitative estimate of drug-likeness (QED) is 0.640. The molecule has 1 aliphatic rings. The molecule has 18 heavy (non-hydrogen) atoms. The van der Waals surface area contributed by atoms with Crippen LogP contribution in [0.2, 0.25) is 0 Å². The van der Waals surface area contributed by atoms with Crippen molar-refractivity contribution in [1.29, 1.82) is 0 Å². The van der Waals surface area contributed by atoms with Gasteiger partial charge in [-0.25, -0.2) is 0 Å². The van der Waals surface area contributed by atoms with Gasteiger partial charge in [-0.15, -0.1) is 0 Å². The van der Waals surface area contributed by atoms with E-state index in [0.29, 0.717) is 31.8 Å². The van der Waals surface area contributed by atoms with Gasteiger partial charge in [0.1, 0.15) is 0 Å². The number of nitrogens with one attached hydrogen (secondary N) is 2. The van der Waals surface area contributed by atoms with E-state index in [1.165, 1.54) is 0 Å². The Morgan fingerprint density at radius 3 is 2.78 bits per heavy atom. The average Bonchev–Trinajstić information content (AvgIpc) is 2.72. The van der Waals surface area contributed by atoms with E-state index in [-0.39, 0.29) is 18.1 Å². The fraction of sp³-hybridized carbons (Fsp3) is 0.923. The van der Waals surface area contributed by atoms with Crippen molar-refractivity contribution in [2.24, 2.45) is 5.92 Å². The van der Waals surface area contributed by atoms with Crippen LogP contribution in [-0.2, 0) is 9.53 Å². The number of aliphatic hydroxyl groups is 1. The molecule has 3 atom stereocenters. The molecule has 0 aromatic carbocycles. The highest BCUT2D eigenvalue weighted by Gasteiger charge is 2.30. The largest absolute Gasteiger partial charge is 0.388 e. The summed E-state index contributed by atoms with van der Waals surface area (Å²) in [5.41, 5.74) is -0.844. The number of carbonyl (C=O) groups excluding carboxylic acids is 1. The maximum Gasteiger partial charge on any atom is 0.237 e. The molecule has 1 aliphatic heterocycles. The summed E-state index contributed by atoms with van der Waals surface area (Å²) < 4.78 is 5.20. The van der Waals surface area contributed by atoms with Crippen molar-refractivity contribution < 1.29 is 14.6 Å². The number of amides is 1. The lowest BCUT2D eigenvalue weighted by Crippen LogP contribution is -2.47. The van der Waals surface area contributed by atoms with Crippen LogP contribution in [0, 0.1) is 5.92 Å². The van der Waals surface area contributed by atoms with Crippen LogP contribution >= 0.6 is 0 Å². The Bertz CT molecular complexity index is 279. The highest BCUT2D eigenvalue weighted by Crippen LogP contribution is 2.15. The zero-order valence-electron chi connectivity index (χ0n) is 11.8. The van der Waals surface area contributed by atoms with Gasteiger partial charge >= 0.3 is 0 Å². The Morgan fingerprint density at radius 2 is 2.28 bits per heavy atom. The number of methoxy groups -OCH3 is 1. The smallest absolute Gasteiger partial charge is 0.237 e. The summed E-state index contributed by atoms with van der Waals surface area (Å²) in [6.07, 6.45) is 1.47. The van der Waals surface area contributed by atoms with Crippen LogP contribution in [0.1, 0.15) is 33.6 Å². The molecular formula is C13H26N2O3. The van der Waals surface area contributed by atoms with Crippen LogP contribution in [0.4, 0.5) is 0 Å². The molecular weight excluding hydrogens is 232 g/mol. The van der Waals surface area contributed by atoms with Crippen molar-refractivity contribution in [2.45, 2.75) is 51.4 Å². The highest BCUT2D eigenvalue weighted by atomic mass is 16.5. The molecule has 0 bridgehead atoms. The fourth-order valence-corrected chi connectivity index (χ4v) is 2.43. The van der Waals surface area contributed by atoms with Gasteiger partial charge in [0.25, 0.3) is 0 Å². The third-order valence-electron chi connectivity index (χ3n) is 3.23. The number of carbonyl (C=O) groups is 1. The van der Waals surface area contributed by atoms with Gasteiger partial charge in [-0.1, -0.05) is 13.8 Å². The van der Waals surface area contributed by atoms with Crippen LogP contribution in [0.3, 0.4) is 0 Å². The third-order valence-corrected chi connectivity index (χ3v) is 3.23. The minimum absolute atomic E-state index is 0.0569. The van der Waals surface area contributed by atoms with Gasteiger partial charge in [0.05, 0.1) is 17.7 Å². The molecule has 1 saturated heterocycles. The second-order valence-corrected chi connectivity index (χ2v) is 5.87. The first kappa shape index (κ1) is 15.4. The van der Waals surface area contributed by atoms with E-state index in [1.54, 1.807) is 14.0 Å². The van der Waals surface area contributed by atoms with Gasteiger partial charge in [-0.05, 0) is 25.7 Å². The first-order valence-electron chi connectivity index (χ1n) is 6.60. The molecule has 3 N–H and O–H groups in total. The third kappa shape index (κ3) is 4.92. The number of ether oxygens (including phenoxy) is 1. The van der Waals surface area contributed by atoms with Crippen LogP contribution in [0.25, 0.3) is 0 Å². The normalized spacial score (nSPS) is 27.2. The molecule has 106 valence electrons. The average molecular weight is 258 g/mol. The van der Waals surface area contributed by atoms with Gasteiger partial charge in [0.2, 0.25) is 5.91 Å². The summed E-state index contributed by atoms with van der Waals surface area (Å²) in [6.45, 7) is 6.86. The van der Waals surface area contributed by atoms with E-state index in [1.807, 2.05) is 0 Å². The standard InChI is InChI=1S/C13H26N2O3/c1-9(2)6-13(3,17)8-15-12(16)11-5-10(18-4)7-14-11/h9-11,14,17H,5-8H2,1-4H3,(H,15,16). The maximum atomic E-state index is 11.9. The molecule has 1 amide bonds. The molecule has 0 spiro atoms. The second kappa shape index (κ2) is 6.50. The predicted molar refractivity (Wildman–Crippen MR) is 70.3 cm³/mol. The minimum atomic E-state index is -0.844. The number of rotatable bonds is 6. The molecule has 5 nitrogen and oxygen atoms in total. The molecule has 0 aliphatic carbocycles. The summed E-state index contributed by atoms with van der Waals surface area (Å²) in [4.78, 5) is 11.9. The first-order chi connectivity index (χ1) is 8.34. The summed E-state index contributed by atoms with van der Waals surface area (Å²) in [7, 11) is 1.65. The van der Waals surface area contributed by atoms with Crippen molar-refractivity contribution in [1.82, 2.24) is 10.6 Å². The monoisotopic (exact) mass is 258 g/mol. The SMILES string of the molecule is COC1CNC(C(=O)NCC(C)(O)CC(C)C)C1. The van der Waals surface area contributed by atoms with Crippen molar-refractivity contribution in [3.63, 3.8) is 0 Å². The Morgan fingerprint density at radius 1 is 1.61 bits per heavy atom. The molecule has 5 heteroatoms. The van der Waals surface area contributed by atoms with Crippen molar-refractivity contribution >= 4 is 5.91 Å². The van der Waals surface area contributed by atoms with Crippen molar-refractivity contribution in [2.75, 3.05) is 20.2 Å². The lowest BCUT2D eigenvalue weighted by Gasteiger charge is -2.26. The lowest BCUT2D eigenvalue weighted by molar-refractivity contribution is -0.124. The Labute approximate surface area is 109 Å². The molecule has 0 aromatic heterocycles. The molecule has 1 fully saturated rings. The zero-order chi connectivity index (χ0) is 13.8. The second-order valence-electron chi connectivity index (χ2n) is 5.87. The molecule has 1 rings (SSSR count). The summed E-state index contributed by atoms with van der Waals surface area (Å²) in [5.74, 6) is 0.345. The van der Waals surface area contributed by atoms with E-state index in [4.69, 9.17) is 4.74 Å². The maximum absolute atomic E-state index is 11.9. The zero-order valence-corrected chi connectivity index (χ0v) is 11.8. The Kier molecular flexibility index (Phi) is 5.56. The highest BCUT2D eigenvalue weighted by molar-refractivity contribution is 5.82. The molecule has 0 aromatic rings. The van der Waals surface area contributed by atoms with Gasteiger partial charge in [-0.2, -0.15) is 0 Å². The minimum Gasteiger partial charge on any atom is -0.388 e. The lowest BCUT2D eigenvalue weighted by atomic mass is 9.94. The van der Waals surface area contributed by atoms with E-state index >= 15 is 0 Å². The van der Waals surface area contributed by atoms with Gasteiger partial charge in [0, 0.05) is 20.2 Å². The summed E-state index contributed by atoms with van der Waals surface area (Å²) in [5, 5.41) is 16.0. The topological polar surface area (TPSA) is 70.6 Å². The molecule has 0 saturated carbocycles. The molecule has 1 heterocycles. The van der Waals surface area contributed by atoms with Crippen LogP contribution < -0.4 is 10.6 Å². The fourth-order valence-electron chi connectivity index (χ4n) is 2.43. The number of hydrogen-bond donors (Lipinski definition) is 3. The number of hydrogen-bond acceptors (Lipinski definition) is 4. The van der Waals surface area contributed by atoms with E-state index in [2.05, 4.69) is 24.5 Å². The Balaban J connectivity index is 2.33. The van der Waals surface area contributed by atoms with Gasteiger partial charge < -0.3 is 20.5 Å². The Hall–Kier alpha value is -0.650. The molecule has 3 unspecified atom stereocenters. The van der Waals surface area contributed by atoms with E-state index in [9.17, 15) is 9.90 Å². The van der Waals surface area contributed by atoms with Crippen molar-refractivity contribution in [3.05, 3.63) is 0 Å². The van der Waals surface area contributed by atoms with Gasteiger partial charge in [-0.3, -0.25) is 4.79 Å². The van der Waals surface area contributed by atoms with Gasteiger partial charge in [0.15, 0.2) is 0 Å². The van der Waals surface area contributed by atoms with Crippen LogP contribution in [0.5, 0.6) is 0 Å². The van der Waals surface area contributed by atoms with E-state index in [0.717, 1.165) is 0 Å². The summed E-state index contributed by atoms with van der Waals surface area (Å²) >= 11 is 0. The van der Waals surface area contributed by atoms with Crippen LogP contribution in [0.15, 0.2) is 0 Å². The van der Waals surface area contributed by atoms with E-state index < -0.39 is 5.60 Å². The summed E-state index contributed by atoms with van der Waals surface area (Å²) in [6, 6.07) is -0.204. The first-order valence-corrected chi connectivity index (χ1v) is 6.60. The van der Waals surface area contributed by atoms with Crippen molar-refractivity contribution in [3.8, 4) is 0 Å².